The lowest BCUT2D eigenvalue weighted by Gasteiger charge is -2.19. The Bertz CT molecular complexity index is 745. The number of carbonyl (C=O) groups excluding carboxylic acids is 1. The van der Waals surface area contributed by atoms with Crippen LogP contribution in [0.3, 0.4) is 0 Å². The minimum atomic E-state index is -0.0884. The zero-order valence-corrected chi connectivity index (χ0v) is 13.8. The fourth-order valence-corrected chi connectivity index (χ4v) is 3.35. The molecule has 0 aromatic heterocycles. The quantitative estimate of drug-likeness (QED) is 0.770. The van der Waals surface area contributed by atoms with Crippen molar-refractivity contribution < 1.29 is 4.79 Å². The average molecular weight is 366 g/mol. The number of carbonyl (C=O) groups is 1. The van der Waals surface area contributed by atoms with E-state index in [1.54, 1.807) is 17.0 Å². The first-order valence-corrected chi connectivity index (χ1v) is 7.80. The molecule has 0 aliphatic carbocycles. The van der Waals surface area contributed by atoms with E-state index in [0.717, 1.165) is 27.7 Å². The molecular formula is C16H14BrClN2O. The van der Waals surface area contributed by atoms with Crippen molar-refractivity contribution in [1.29, 1.82) is 0 Å². The summed E-state index contributed by atoms with van der Waals surface area (Å²) in [7, 11) is 0. The second-order valence-electron chi connectivity index (χ2n) is 5.17. The summed E-state index contributed by atoms with van der Waals surface area (Å²) in [6.45, 7) is 2.63. The van der Waals surface area contributed by atoms with Crippen molar-refractivity contribution in [3.8, 4) is 0 Å². The monoisotopic (exact) mass is 364 g/mol. The molecule has 1 aliphatic heterocycles. The van der Waals surface area contributed by atoms with Gasteiger partial charge in [0, 0.05) is 22.4 Å². The predicted octanol–water partition coefficient (Wildman–Crippen LogP) is 4.20. The largest absolute Gasteiger partial charge is 0.398 e. The van der Waals surface area contributed by atoms with Crippen LogP contribution in [-0.2, 0) is 6.42 Å². The van der Waals surface area contributed by atoms with Crippen molar-refractivity contribution in [3.63, 3.8) is 0 Å². The van der Waals surface area contributed by atoms with Gasteiger partial charge in [-0.05, 0) is 48.7 Å². The number of nitrogen functional groups attached to an aromatic ring is 1. The number of fused-ring (bicyclic) bond motifs is 1. The Morgan fingerprint density at radius 1 is 1.33 bits per heavy atom. The SMILES string of the molecule is Cc1cc2c(cc1N)N(C(=O)c1ccc(Br)cc1Cl)CC2. The van der Waals surface area contributed by atoms with Crippen molar-refractivity contribution >= 4 is 44.8 Å². The van der Waals surface area contributed by atoms with Gasteiger partial charge in [0.05, 0.1) is 10.6 Å². The van der Waals surface area contributed by atoms with E-state index in [-0.39, 0.29) is 5.91 Å². The zero-order chi connectivity index (χ0) is 15.1. The minimum absolute atomic E-state index is 0.0884. The van der Waals surface area contributed by atoms with Gasteiger partial charge in [0.15, 0.2) is 0 Å². The fraction of sp³-hybridized carbons (Fsp3) is 0.188. The Morgan fingerprint density at radius 2 is 2.10 bits per heavy atom. The van der Waals surface area contributed by atoms with E-state index in [0.29, 0.717) is 22.8 Å². The molecule has 0 radical (unpaired) electrons. The molecule has 5 heteroatoms. The van der Waals surface area contributed by atoms with Gasteiger partial charge in [0.1, 0.15) is 0 Å². The van der Waals surface area contributed by atoms with Crippen LogP contribution in [0.1, 0.15) is 21.5 Å². The number of nitrogens with zero attached hydrogens (tertiary/aromatic N) is 1. The summed E-state index contributed by atoms with van der Waals surface area (Å²) in [6.07, 6.45) is 0.844. The Labute approximate surface area is 136 Å². The van der Waals surface area contributed by atoms with E-state index in [4.69, 9.17) is 17.3 Å². The Kier molecular flexibility index (Phi) is 3.68. The number of benzene rings is 2. The average Bonchev–Trinajstić information content (AvgIpc) is 2.81. The van der Waals surface area contributed by atoms with E-state index in [2.05, 4.69) is 22.0 Å². The third-order valence-electron chi connectivity index (χ3n) is 3.77. The highest BCUT2D eigenvalue weighted by Gasteiger charge is 2.27. The second-order valence-corrected chi connectivity index (χ2v) is 6.49. The standard InChI is InChI=1S/C16H14BrClN2O/c1-9-6-10-4-5-20(15(10)8-14(9)19)16(21)12-3-2-11(17)7-13(12)18/h2-3,6-8H,4-5,19H2,1H3. The number of rotatable bonds is 1. The van der Waals surface area contributed by atoms with Crippen molar-refractivity contribution in [2.45, 2.75) is 13.3 Å². The zero-order valence-electron chi connectivity index (χ0n) is 11.5. The summed E-state index contributed by atoms with van der Waals surface area (Å²) >= 11 is 9.53. The minimum Gasteiger partial charge on any atom is -0.398 e. The van der Waals surface area contributed by atoms with Crippen molar-refractivity contribution in [2.24, 2.45) is 0 Å². The van der Waals surface area contributed by atoms with Gasteiger partial charge < -0.3 is 10.6 Å². The molecule has 1 amide bonds. The lowest BCUT2D eigenvalue weighted by atomic mass is 10.1. The van der Waals surface area contributed by atoms with Crippen LogP contribution in [0.5, 0.6) is 0 Å². The third kappa shape index (κ3) is 2.54. The van der Waals surface area contributed by atoms with Gasteiger partial charge >= 0.3 is 0 Å². The van der Waals surface area contributed by atoms with Gasteiger partial charge in [0.2, 0.25) is 0 Å². The molecule has 0 fully saturated rings. The van der Waals surface area contributed by atoms with Gasteiger partial charge in [-0.3, -0.25) is 4.79 Å². The highest BCUT2D eigenvalue weighted by Crippen LogP contribution is 2.34. The van der Waals surface area contributed by atoms with Crippen LogP contribution in [0.25, 0.3) is 0 Å². The highest BCUT2D eigenvalue weighted by atomic mass is 79.9. The van der Waals surface area contributed by atoms with E-state index < -0.39 is 0 Å². The maximum absolute atomic E-state index is 12.7. The number of aryl methyl sites for hydroxylation is 1. The van der Waals surface area contributed by atoms with E-state index in [1.807, 2.05) is 19.1 Å². The lowest BCUT2D eigenvalue weighted by molar-refractivity contribution is 0.0989. The van der Waals surface area contributed by atoms with Crippen LogP contribution in [0, 0.1) is 6.92 Å². The molecule has 0 spiro atoms. The molecule has 0 saturated carbocycles. The highest BCUT2D eigenvalue weighted by molar-refractivity contribution is 9.10. The third-order valence-corrected chi connectivity index (χ3v) is 4.58. The molecule has 0 atom stereocenters. The van der Waals surface area contributed by atoms with Crippen molar-refractivity contribution in [3.05, 3.63) is 56.5 Å². The topological polar surface area (TPSA) is 46.3 Å². The smallest absolute Gasteiger partial charge is 0.259 e. The van der Waals surface area contributed by atoms with Crippen LogP contribution in [0.2, 0.25) is 5.02 Å². The van der Waals surface area contributed by atoms with Crippen LogP contribution in [0.4, 0.5) is 11.4 Å². The van der Waals surface area contributed by atoms with Gasteiger partial charge in [0.25, 0.3) is 5.91 Å². The number of hydrogen-bond acceptors (Lipinski definition) is 2. The Balaban J connectivity index is 2.00. The van der Waals surface area contributed by atoms with Crippen LogP contribution in [-0.4, -0.2) is 12.5 Å². The summed E-state index contributed by atoms with van der Waals surface area (Å²) < 4.78 is 0.853. The molecule has 108 valence electrons. The predicted molar refractivity (Wildman–Crippen MR) is 90.1 cm³/mol. The van der Waals surface area contributed by atoms with Crippen LogP contribution >= 0.6 is 27.5 Å². The molecule has 3 rings (SSSR count). The molecule has 2 N–H and O–H groups in total. The normalized spacial score (nSPS) is 13.4. The van der Waals surface area contributed by atoms with Crippen LogP contribution < -0.4 is 10.6 Å². The first-order chi connectivity index (χ1) is 9.97. The van der Waals surface area contributed by atoms with Crippen molar-refractivity contribution in [1.82, 2.24) is 0 Å². The van der Waals surface area contributed by atoms with Gasteiger partial charge in [-0.15, -0.1) is 0 Å². The molecule has 0 unspecified atom stereocenters. The van der Waals surface area contributed by atoms with E-state index in [9.17, 15) is 4.79 Å². The first-order valence-electron chi connectivity index (χ1n) is 6.63. The molecule has 21 heavy (non-hydrogen) atoms. The van der Waals surface area contributed by atoms with Gasteiger partial charge in [-0.1, -0.05) is 33.6 Å². The van der Waals surface area contributed by atoms with Gasteiger partial charge in [-0.25, -0.2) is 0 Å². The van der Waals surface area contributed by atoms with Crippen LogP contribution in [0.15, 0.2) is 34.8 Å². The summed E-state index contributed by atoms with van der Waals surface area (Å²) in [4.78, 5) is 14.5. The summed E-state index contributed by atoms with van der Waals surface area (Å²) in [5.74, 6) is -0.0884. The molecular weight excluding hydrogens is 352 g/mol. The number of halogens is 2. The summed E-state index contributed by atoms with van der Waals surface area (Å²) in [5.41, 5.74) is 10.3. The first kappa shape index (κ1) is 14.4. The maximum Gasteiger partial charge on any atom is 0.259 e. The molecule has 1 aliphatic rings. The fourth-order valence-electron chi connectivity index (χ4n) is 2.60. The molecule has 0 saturated heterocycles. The molecule has 2 aromatic carbocycles. The molecule has 0 bridgehead atoms. The van der Waals surface area contributed by atoms with E-state index in [1.165, 1.54) is 0 Å². The number of hydrogen-bond donors (Lipinski definition) is 1. The number of amides is 1. The lowest BCUT2D eigenvalue weighted by Crippen LogP contribution is -2.29. The molecule has 2 aromatic rings. The molecule has 1 heterocycles. The summed E-state index contributed by atoms with van der Waals surface area (Å²) in [6, 6.07) is 9.22. The van der Waals surface area contributed by atoms with Crippen molar-refractivity contribution in [2.75, 3.05) is 17.2 Å². The maximum atomic E-state index is 12.7. The van der Waals surface area contributed by atoms with Gasteiger partial charge in [-0.2, -0.15) is 0 Å². The summed E-state index contributed by atoms with van der Waals surface area (Å²) in [5, 5.41) is 0.447. The number of anilines is 2. The Hall–Kier alpha value is -1.52. The molecule has 3 nitrogen and oxygen atoms in total. The Morgan fingerprint density at radius 3 is 2.81 bits per heavy atom. The van der Waals surface area contributed by atoms with E-state index >= 15 is 0 Å². The second kappa shape index (κ2) is 5.35. The number of nitrogens with two attached hydrogens (primary N) is 1.